The molecule has 0 N–H and O–H groups in total. The number of nitrogens with zero attached hydrogens (tertiary/aromatic N) is 1. The van der Waals surface area contributed by atoms with Crippen LogP contribution in [0.5, 0.6) is 0 Å². The summed E-state index contributed by atoms with van der Waals surface area (Å²) in [5, 5.41) is 10.7. The number of carbonyl (C=O) groups excluding carboxylic acids is 1. The van der Waals surface area contributed by atoms with Crippen molar-refractivity contribution in [2.75, 3.05) is 0 Å². The molecule has 0 fully saturated rings. The summed E-state index contributed by atoms with van der Waals surface area (Å²) in [5.74, 6) is -0.0232. The lowest BCUT2D eigenvalue weighted by Gasteiger charge is -2.02. The molecule has 0 saturated heterocycles. The molecule has 0 aromatic heterocycles. The summed E-state index contributed by atoms with van der Waals surface area (Å²) in [7, 11) is 0. The van der Waals surface area contributed by atoms with E-state index in [-0.39, 0.29) is 11.5 Å². The number of benzene rings is 1. The van der Waals surface area contributed by atoms with Crippen LogP contribution in [0.15, 0.2) is 18.2 Å². The predicted octanol–water partition coefficient (Wildman–Crippen LogP) is 3.28. The summed E-state index contributed by atoms with van der Waals surface area (Å²) >= 11 is 0. The van der Waals surface area contributed by atoms with Gasteiger partial charge in [0.15, 0.2) is 5.78 Å². The molecule has 0 aliphatic carbocycles. The van der Waals surface area contributed by atoms with Crippen molar-refractivity contribution < 1.29 is 9.72 Å². The molecule has 0 bridgehead atoms. The van der Waals surface area contributed by atoms with Crippen molar-refractivity contribution in [3.05, 3.63) is 39.4 Å². The second-order valence-corrected chi connectivity index (χ2v) is 3.79. The molecule has 4 nitrogen and oxygen atoms in total. The zero-order chi connectivity index (χ0) is 12.1. The van der Waals surface area contributed by atoms with Gasteiger partial charge in [0, 0.05) is 23.6 Å². The van der Waals surface area contributed by atoms with Gasteiger partial charge in [0.25, 0.3) is 5.69 Å². The van der Waals surface area contributed by atoms with E-state index in [9.17, 15) is 14.9 Å². The maximum absolute atomic E-state index is 11.7. The average Bonchev–Trinajstić information content (AvgIpc) is 2.26. The summed E-state index contributed by atoms with van der Waals surface area (Å²) < 4.78 is 0. The molecular weight excluding hydrogens is 206 g/mol. The molecule has 1 rings (SSSR count). The van der Waals surface area contributed by atoms with Gasteiger partial charge in [-0.05, 0) is 13.3 Å². The van der Waals surface area contributed by atoms with Gasteiger partial charge < -0.3 is 0 Å². The third-order valence-corrected chi connectivity index (χ3v) is 2.49. The van der Waals surface area contributed by atoms with Crippen LogP contribution in [0.1, 0.15) is 42.1 Å². The number of rotatable bonds is 5. The third-order valence-electron chi connectivity index (χ3n) is 2.49. The quantitative estimate of drug-likeness (QED) is 0.435. The van der Waals surface area contributed by atoms with Gasteiger partial charge in [-0.15, -0.1) is 0 Å². The molecule has 1 aromatic rings. The minimum atomic E-state index is -0.452. The van der Waals surface area contributed by atoms with Crippen molar-refractivity contribution in [1.82, 2.24) is 0 Å². The highest BCUT2D eigenvalue weighted by Gasteiger charge is 2.14. The Morgan fingerprint density at radius 2 is 2.12 bits per heavy atom. The van der Waals surface area contributed by atoms with E-state index in [2.05, 4.69) is 0 Å². The van der Waals surface area contributed by atoms with E-state index < -0.39 is 4.92 Å². The Kier molecular flexibility index (Phi) is 4.17. The summed E-state index contributed by atoms with van der Waals surface area (Å²) in [5.41, 5.74) is 1.03. The standard InChI is InChI=1S/C12H15NO3/c1-3-4-5-12(14)10-7-6-9(2)11(8-10)13(15)16/h6-8H,3-5H2,1-2H3. The normalized spacial score (nSPS) is 10.1. The molecule has 0 heterocycles. The molecule has 0 unspecified atom stereocenters. The van der Waals surface area contributed by atoms with Crippen molar-refractivity contribution in [2.45, 2.75) is 33.1 Å². The van der Waals surface area contributed by atoms with Crippen molar-refractivity contribution in [1.29, 1.82) is 0 Å². The number of ketones is 1. The first-order chi connectivity index (χ1) is 7.56. The third kappa shape index (κ3) is 2.89. The maximum atomic E-state index is 11.7. The van der Waals surface area contributed by atoms with Crippen LogP contribution in [0.2, 0.25) is 0 Å². The fourth-order valence-electron chi connectivity index (χ4n) is 1.46. The second kappa shape index (κ2) is 5.39. The highest BCUT2D eigenvalue weighted by molar-refractivity contribution is 5.96. The molecule has 0 atom stereocenters. The zero-order valence-corrected chi connectivity index (χ0v) is 9.53. The summed E-state index contributed by atoms with van der Waals surface area (Å²) in [6.07, 6.45) is 2.22. The first-order valence-corrected chi connectivity index (χ1v) is 5.34. The van der Waals surface area contributed by atoms with Gasteiger partial charge in [0.05, 0.1) is 4.92 Å². The Morgan fingerprint density at radius 3 is 2.69 bits per heavy atom. The molecule has 0 aliphatic rings. The molecule has 1 aromatic carbocycles. The molecule has 0 saturated carbocycles. The Balaban J connectivity index is 2.94. The predicted molar refractivity (Wildman–Crippen MR) is 61.7 cm³/mol. The van der Waals surface area contributed by atoms with Gasteiger partial charge in [0.1, 0.15) is 0 Å². The fourth-order valence-corrected chi connectivity index (χ4v) is 1.46. The zero-order valence-electron chi connectivity index (χ0n) is 9.53. The van der Waals surface area contributed by atoms with E-state index in [0.29, 0.717) is 17.5 Å². The van der Waals surface area contributed by atoms with Gasteiger partial charge in [-0.25, -0.2) is 0 Å². The highest BCUT2D eigenvalue weighted by atomic mass is 16.6. The van der Waals surface area contributed by atoms with E-state index in [1.54, 1.807) is 19.1 Å². The molecule has 0 spiro atoms. The van der Waals surface area contributed by atoms with Crippen molar-refractivity contribution >= 4 is 11.5 Å². The van der Waals surface area contributed by atoms with Gasteiger partial charge >= 0.3 is 0 Å². The van der Waals surface area contributed by atoms with E-state index in [1.165, 1.54) is 6.07 Å². The van der Waals surface area contributed by atoms with E-state index in [1.807, 2.05) is 6.92 Å². The number of hydrogen-bond donors (Lipinski definition) is 0. The van der Waals surface area contributed by atoms with Crippen LogP contribution in [0.3, 0.4) is 0 Å². The number of Topliss-reactive ketones (excluding diaryl/α,β-unsaturated/α-hetero) is 1. The van der Waals surface area contributed by atoms with Crippen LogP contribution in [-0.4, -0.2) is 10.7 Å². The SMILES string of the molecule is CCCCC(=O)c1ccc(C)c([N+](=O)[O-])c1. The van der Waals surface area contributed by atoms with Gasteiger partial charge in [-0.1, -0.05) is 25.5 Å². The molecule has 16 heavy (non-hydrogen) atoms. The Hall–Kier alpha value is -1.71. The monoisotopic (exact) mass is 221 g/mol. The topological polar surface area (TPSA) is 60.2 Å². The van der Waals surface area contributed by atoms with Crippen LogP contribution < -0.4 is 0 Å². The van der Waals surface area contributed by atoms with Gasteiger partial charge in [-0.3, -0.25) is 14.9 Å². The maximum Gasteiger partial charge on any atom is 0.273 e. The summed E-state index contributed by atoms with van der Waals surface area (Å²) in [6.45, 7) is 3.67. The molecule has 4 heteroatoms. The first kappa shape index (κ1) is 12.4. The fraction of sp³-hybridized carbons (Fsp3) is 0.417. The molecule has 86 valence electrons. The van der Waals surface area contributed by atoms with Gasteiger partial charge in [0.2, 0.25) is 0 Å². The second-order valence-electron chi connectivity index (χ2n) is 3.79. The number of nitro groups is 1. The molecule has 0 radical (unpaired) electrons. The van der Waals surface area contributed by atoms with Crippen molar-refractivity contribution in [3.8, 4) is 0 Å². The van der Waals surface area contributed by atoms with Crippen LogP contribution in [-0.2, 0) is 0 Å². The minimum Gasteiger partial charge on any atom is -0.294 e. The Morgan fingerprint density at radius 1 is 1.44 bits per heavy atom. The number of carbonyl (C=O) groups is 1. The number of aryl methyl sites for hydroxylation is 1. The van der Waals surface area contributed by atoms with Gasteiger partial charge in [-0.2, -0.15) is 0 Å². The largest absolute Gasteiger partial charge is 0.294 e. The van der Waals surface area contributed by atoms with E-state index >= 15 is 0 Å². The number of hydrogen-bond acceptors (Lipinski definition) is 3. The Labute approximate surface area is 94.4 Å². The summed E-state index contributed by atoms with van der Waals surface area (Å²) in [4.78, 5) is 21.9. The van der Waals surface area contributed by atoms with Crippen LogP contribution in [0, 0.1) is 17.0 Å². The smallest absolute Gasteiger partial charge is 0.273 e. The minimum absolute atomic E-state index is 0.0161. The lowest BCUT2D eigenvalue weighted by Crippen LogP contribution is -2.01. The lowest BCUT2D eigenvalue weighted by molar-refractivity contribution is -0.385. The average molecular weight is 221 g/mol. The van der Waals surface area contributed by atoms with Crippen molar-refractivity contribution in [3.63, 3.8) is 0 Å². The van der Waals surface area contributed by atoms with Crippen LogP contribution >= 0.6 is 0 Å². The molecule has 0 amide bonds. The summed E-state index contributed by atoms with van der Waals surface area (Å²) in [6, 6.07) is 4.64. The van der Waals surface area contributed by atoms with Crippen LogP contribution in [0.25, 0.3) is 0 Å². The first-order valence-electron chi connectivity index (χ1n) is 5.34. The van der Waals surface area contributed by atoms with Crippen molar-refractivity contribution in [2.24, 2.45) is 0 Å². The van der Waals surface area contributed by atoms with E-state index in [0.717, 1.165) is 12.8 Å². The molecule has 0 aliphatic heterocycles. The van der Waals surface area contributed by atoms with Crippen LogP contribution in [0.4, 0.5) is 5.69 Å². The molecular formula is C12H15NO3. The number of unbranched alkanes of at least 4 members (excludes halogenated alkanes) is 1. The highest BCUT2D eigenvalue weighted by Crippen LogP contribution is 2.20. The lowest BCUT2D eigenvalue weighted by atomic mass is 10.0. The Bertz CT molecular complexity index is 413. The van der Waals surface area contributed by atoms with E-state index in [4.69, 9.17) is 0 Å². The number of nitro benzene ring substituents is 1.